The molecule has 0 radical (unpaired) electrons. The third-order valence-electron chi connectivity index (χ3n) is 5.03. The molecule has 2 nitrogen and oxygen atoms in total. The van der Waals surface area contributed by atoms with Crippen molar-refractivity contribution < 1.29 is 4.74 Å². The highest BCUT2D eigenvalue weighted by atomic mass is 16.5. The van der Waals surface area contributed by atoms with Gasteiger partial charge in [0.15, 0.2) is 0 Å². The topological polar surface area (TPSA) is 21.3 Å². The minimum atomic E-state index is 0.489. The Bertz CT molecular complexity index is 274. The van der Waals surface area contributed by atoms with E-state index in [0.717, 1.165) is 6.04 Å². The molecular weight excluding hydrogens is 234 g/mol. The average molecular weight is 267 g/mol. The van der Waals surface area contributed by atoms with Gasteiger partial charge in [0.25, 0.3) is 0 Å². The van der Waals surface area contributed by atoms with Gasteiger partial charge < -0.3 is 10.1 Å². The minimum absolute atomic E-state index is 0.489. The van der Waals surface area contributed by atoms with E-state index >= 15 is 0 Å². The molecule has 0 bridgehead atoms. The Kier molecular flexibility index (Phi) is 4.62. The van der Waals surface area contributed by atoms with Crippen molar-refractivity contribution in [3.63, 3.8) is 0 Å². The number of nitrogens with one attached hydrogen (secondary N) is 1. The van der Waals surface area contributed by atoms with Crippen LogP contribution < -0.4 is 5.32 Å². The van der Waals surface area contributed by atoms with E-state index in [1.165, 1.54) is 44.9 Å². The number of hydrogen-bond acceptors (Lipinski definition) is 2. The summed E-state index contributed by atoms with van der Waals surface area (Å²) < 4.78 is 5.47. The Morgan fingerprint density at radius 3 is 1.84 bits per heavy atom. The third kappa shape index (κ3) is 4.46. The Labute approximate surface area is 119 Å². The molecular formula is C17H33NO. The third-order valence-corrected chi connectivity index (χ3v) is 5.03. The van der Waals surface area contributed by atoms with Gasteiger partial charge in [-0.3, -0.25) is 0 Å². The van der Waals surface area contributed by atoms with Crippen LogP contribution in [0.1, 0.15) is 72.6 Å². The average Bonchev–Trinajstić information content (AvgIpc) is 2.25. The SMILES string of the molecule is COC1CCC(NC2CC(C)(C)CC(C)(C)C2)CC1. The molecule has 0 saturated heterocycles. The van der Waals surface area contributed by atoms with Crippen molar-refractivity contribution in [3.05, 3.63) is 0 Å². The van der Waals surface area contributed by atoms with Crippen molar-refractivity contribution >= 4 is 0 Å². The summed E-state index contributed by atoms with van der Waals surface area (Å²) in [6, 6.07) is 1.43. The predicted molar refractivity (Wildman–Crippen MR) is 81.4 cm³/mol. The first-order chi connectivity index (χ1) is 8.80. The molecule has 0 aromatic carbocycles. The van der Waals surface area contributed by atoms with Gasteiger partial charge in [0.05, 0.1) is 6.10 Å². The summed E-state index contributed by atoms with van der Waals surface area (Å²) in [4.78, 5) is 0. The van der Waals surface area contributed by atoms with E-state index < -0.39 is 0 Å². The number of ether oxygens (including phenoxy) is 1. The van der Waals surface area contributed by atoms with E-state index in [-0.39, 0.29) is 0 Å². The summed E-state index contributed by atoms with van der Waals surface area (Å²) >= 11 is 0. The van der Waals surface area contributed by atoms with Gasteiger partial charge in [-0.25, -0.2) is 0 Å². The molecule has 0 heterocycles. The van der Waals surface area contributed by atoms with E-state index in [2.05, 4.69) is 33.0 Å². The number of methoxy groups -OCH3 is 1. The van der Waals surface area contributed by atoms with Crippen LogP contribution in [0.25, 0.3) is 0 Å². The van der Waals surface area contributed by atoms with Crippen molar-refractivity contribution in [2.75, 3.05) is 7.11 Å². The molecule has 0 spiro atoms. The van der Waals surface area contributed by atoms with E-state index in [9.17, 15) is 0 Å². The zero-order valence-corrected chi connectivity index (χ0v) is 13.6. The monoisotopic (exact) mass is 267 g/mol. The molecule has 0 atom stereocenters. The summed E-state index contributed by atoms with van der Waals surface area (Å²) in [6.07, 6.45) is 9.57. The lowest BCUT2D eigenvalue weighted by Crippen LogP contribution is -2.48. The molecule has 2 heteroatoms. The van der Waals surface area contributed by atoms with Crippen LogP contribution in [0, 0.1) is 10.8 Å². The highest BCUT2D eigenvalue weighted by Gasteiger charge is 2.39. The van der Waals surface area contributed by atoms with E-state index in [4.69, 9.17) is 4.74 Å². The molecule has 2 rings (SSSR count). The zero-order valence-electron chi connectivity index (χ0n) is 13.6. The molecule has 2 fully saturated rings. The molecule has 0 aliphatic heterocycles. The fourth-order valence-electron chi connectivity index (χ4n) is 4.76. The Balaban J connectivity index is 1.85. The maximum absolute atomic E-state index is 5.47. The van der Waals surface area contributed by atoms with Crippen LogP contribution >= 0.6 is 0 Å². The summed E-state index contributed by atoms with van der Waals surface area (Å²) in [5.41, 5.74) is 0.978. The van der Waals surface area contributed by atoms with Gasteiger partial charge in [-0.2, -0.15) is 0 Å². The van der Waals surface area contributed by atoms with Crippen LogP contribution in [-0.2, 0) is 4.74 Å². The van der Waals surface area contributed by atoms with Crippen LogP contribution in [0.2, 0.25) is 0 Å². The van der Waals surface area contributed by atoms with Crippen molar-refractivity contribution in [3.8, 4) is 0 Å². The normalized spacial score (nSPS) is 35.2. The summed E-state index contributed by atoms with van der Waals surface area (Å²) in [5.74, 6) is 0. The number of hydrogen-bond donors (Lipinski definition) is 1. The fraction of sp³-hybridized carbons (Fsp3) is 1.00. The van der Waals surface area contributed by atoms with Crippen molar-refractivity contribution in [2.45, 2.75) is 90.8 Å². The first kappa shape index (κ1) is 15.3. The van der Waals surface area contributed by atoms with Crippen molar-refractivity contribution in [2.24, 2.45) is 10.8 Å². The molecule has 2 saturated carbocycles. The Morgan fingerprint density at radius 2 is 1.37 bits per heavy atom. The maximum Gasteiger partial charge on any atom is 0.0572 e. The molecule has 2 aliphatic carbocycles. The fourth-order valence-corrected chi connectivity index (χ4v) is 4.76. The van der Waals surface area contributed by atoms with Crippen molar-refractivity contribution in [1.29, 1.82) is 0 Å². The lowest BCUT2D eigenvalue weighted by molar-refractivity contribution is 0.0482. The van der Waals surface area contributed by atoms with Crippen molar-refractivity contribution in [1.82, 2.24) is 5.32 Å². The predicted octanol–water partition coefficient (Wildman–Crippen LogP) is 4.14. The Morgan fingerprint density at radius 1 is 0.842 bits per heavy atom. The second kappa shape index (κ2) is 5.73. The Hall–Kier alpha value is -0.0800. The quantitative estimate of drug-likeness (QED) is 0.830. The van der Waals surface area contributed by atoms with E-state index in [0.29, 0.717) is 23.0 Å². The first-order valence-electron chi connectivity index (χ1n) is 8.09. The summed E-state index contributed by atoms with van der Waals surface area (Å²) in [7, 11) is 1.85. The highest BCUT2D eigenvalue weighted by molar-refractivity contribution is 4.94. The van der Waals surface area contributed by atoms with Gasteiger partial charge >= 0.3 is 0 Å². The first-order valence-corrected chi connectivity index (χ1v) is 8.09. The summed E-state index contributed by atoms with van der Waals surface area (Å²) in [6.45, 7) is 9.74. The lowest BCUT2D eigenvalue weighted by atomic mass is 9.63. The van der Waals surface area contributed by atoms with Gasteiger partial charge in [0.2, 0.25) is 0 Å². The van der Waals surface area contributed by atoms with Gasteiger partial charge in [-0.15, -0.1) is 0 Å². The van der Waals surface area contributed by atoms with Gasteiger partial charge in [-0.05, 0) is 55.8 Å². The van der Waals surface area contributed by atoms with Crippen LogP contribution in [0.5, 0.6) is 0 Å². The standard InChI is InChI=1S/C17H33NO/c1-16(2)10-14(11-17(3,4)12-16)18-13-6-8-15(19-5)9-7-13/h13-15,18H,6-12H2,1-5H3. The zero-order chi connectivity index (χ0) is 14.1. The highest BCUT2D eigenvalue weighted by Crippen LogP contribution is 2.45. The van der Waals surface area contributed by atoms with Crippen LogP contribution in [-0.4, -0.2) is 25.3 Å². The largest absolute Gasteiger partial charge is 0.381 e. The van der Waals surface area contributed by atoms with Gasteiger partial charge in [-0.1, -0.05) is 27.7 Å². The second-order valence-electron chi connectivity index (χ2n) is 8.49. The second-order valence-corrected chi connectivity index (χ2v) is 8.49. The molecule has 0 aromatic heterocycles. The molecule has 0 aromatic rings. The summed E-state index contributed by atoms with van der Waals surface area (Å²) in [5, 5.41) is 3.96. The van der Waals surface area contributed by atoms with Crippen LogP contribution in [0.4, 0.5) is 0 Å². The van der Waals surface area contributed by atoms with Crippen LogP contribution in [0.3, 0.4) is 0 Å². The molecule has 1 N–H and O–H groups in total. The van der Waals surface area contributed by atoms with Crippen LogP contribution in [0.15, 0.2) is 0 Å². The smallest absolute Gasteiger partial charge is 0.0572 e. The van der Waals surface area contributed by atoms with E-state index in [1.54, 1.807) is 0 Å². The van der Waals surface area contributed by atoms with Gasteiger partial charge in [0.1, 0.15) is 0 Å². The van der Waals surface area contributed by atoms with Gasteiger partial charge in [0, 0.05) is 19.2 Å². The maximum atomic E-state index is 5.47. The number of rotatable bonds is 3. The molecule has 19 heavy (non-hydrogen) atoms. The molecule has 112 valence electrons. The molecule has 0 amide bonds. The molecule has 2 aliphatic rings. The molecule has 0 unspecified atom stereocenters. The van der Waals surface area contributed by atoms with E-state index in [1.807, 2.05) is 7.11 Å². The minimum Gasteiger partial charge on any atom is -0.381 e. The lowest BCUT2D eigenvalue weighted by Gasteiger charge is -2.46.